The number of carbonyl (C=O) groups is 1. The molecule has 24 heavy (non-hydrogen) atoms. The molecule has 8 heteroatoms. The van der Waals surface area contributed by atoms with Crippen LogP contribution in [-0.4, -0.2) is 25.8 Å². The highest BCUT2D eigenvalue weighted by Gasteiger charge is 2.15. The predicted octanol–water partition coefficient (Wildman–Crippen LogP) is 3.10. The van der Waals surface area contributed by atoms with E-state index in [1.165, 1.54) is 13.3 Å². The number of halogens is 3. The zero-order valence-corrected chi connectivity index (χ0v) is 12.6. The van der Waals surface area contributed by atoms with Crippen molar-refractivity contribution >= 4 is 17.8 Å². The number of carbonyl (C=O) groups excluding carboxylic acids is 1. The maximum absolute atomic E-state index is 13.4. The number of rotatable bonds is 6. The third-order valence-electron chi connectivity index (χ3n) is 2.91. The van der Waals surface area contributed by atoms with Crippen LogP contribution < -0.4 is 10.1 Å². The molecule has 5 nitrogen and oxygen atoms in total. The number of para-hydroxylation sites is 1. The van der Waals surface area contributed by atoms with Gasteiger partial charge < -0.3 is 14.9 Å². The summed E-state index contributed by atoms with van der Waals surface area (Å²) in [5.41, 5.74) is 0.142. The molecule has 1 amide bonds. The summed E-state index contributed by atoms with van der Waals surface area (Å²) in [7, 11) is 1.50. The maximum Gasteiger partial charge on any atom is 0.265 e. The molecule has 0 aliphatic carbocycles. The average Bonchev–Trinajstić information content (AvgIpc) is 2.59. The normalized spacial score (nSPS) is 10.7. The fourth-order valence-electron chi connectivity index (χ4n) is 1.77. The second-order valence-electron chi connectivity index (χ2n) is 4.52. The van der Waals surface area contributed by atoms with Gasteiger partial charge in [-0.05, 0) is 24.3 Å². The molecule has 0 saturated heterocycles. The van der Waals surface area contributed by atoms with Gasteiger partial charge in [-0.1, -0.05) is 17.3 Å². The Balaban J connectivity index is 1.90. The summed E-state index contributed by atoms with van der Waals surface area (Å²) in [5, 5.41) is 5.65. The van der Waals surface area contributed by atoms with Crippen LogP contribution in [0.15, 0.2) is 41.6 Å². The molecule has 0 aliphatic rings. The summed E-state index contributed by atoms with van der Waals surface area (Å²) in [6.07, 6.45) is 1.34. The minimum absolute atomic E-state index is 0.490. The highest BCUT2D eigenvalue weighted by molar-refractivity contribution is 5.92. The first-order valence-corrected chi connectivity index (χ1v) is 6.74. The van der Waals surface area contributed by atoms with E-state index in [0.29, 0.717) is 17.4 Å². The van der Waals surface area contributed by atoms with Crippen molar-refractivity contribution in [3.8, 4) is 5.75 Å². The van der Waals surface area contributed by atoms with Crippen LogP contribution in [0.5, 0.6) is 5.75 Å². The first-order valence-electron chi connectivity index (χ1n) is 6.74. The highest BCUT2D eigenvalue weighted by atomic mass is 19.2. The van der Waals surface area contributed by atoms with E-state index in [1.54, 1.807) is 24.3 Å². The van der Waals surface area contributed by atoms with Crippen molar-refractivity contribution in [1.82, 2.24) is 0 Å². The van der Waals surface area contributed by atoms with E-state index in [9.17, 15) is 18.0 Å². The molecule has 0 unspecified atom stereocenters. The van der Waals surface area contributed by atoms with Gasteiger partial charge in [-0.2, -0.15) is 0 Å². The van der Waals surface area contributed by atoms with Crippen LogP contribution >= 0.6 is 0 Å². The Kier molecular flexibility index (Phi) is 5.78. The van der Waals surface area contributed by atoms with Gasteiger partial charge in [-0.25, -0.2) is 13.2 Å². The maximum atomic E-state index is 13.4. The Morgan fingerprint density at radius 1 is 1.17 bits per heavy atom. The fraction of sp³-hybridized carbons (Fsp3) is 0.125. The minimum Gasteiger partial charge on any atom is -0.496 e. The lowest BCUT2D eigenvalue weighted by Crippen LogP contribution is -2.18. The van der Waals surface area contributed by atoms with E-state index in [-0.39, 0.29) is 0 Å². The number of oxime groups is 1. The first kappa shape index (κ1) is 17.3. The number of ether oxygens (including phenoxy) is 1. The second kappa shape index (κ2) is 8.00. The first-order chi connectivity index (χ1) is 11.5. The lowest BCUT2D eigenvalue weighted by molar-refractivity contribution is -0.120. The summed E-state index contributed by atoms with van der Waals surface area (Å²) in [5.74, 6) is -4.71. The molecule has 126 valence electrons. The van der Waals surface area contributed by atoms with E-state index >= 15 is 0 Å². The van der Waals surface area contributed by atoms with Crippen LogP contribution in [0.25, 0.3) is 0 Å². The minimum atomic E-state index is -1.66. The van der Waals surface area contributed by atoms with Crippen molar-refractivity contribution in [2.45, 2.75) is 0 Å². The lowest BCUT2D eigenvalue weighted by atomic mass is 10.2. The predicted molar refractivity (Wildman–Crippen MR) is 81.5 cm³/mol. The molecule has 0 aliphatic heterocycles. The van der Waals surface area contributed by atoms with E-state index in [1.807, 2.05) is 0 Å². The summed E-state index contributed by atoms with van der Waals surface area (Å²) in [4.78, 5) is 16.4. The van der Waals surface area contributed by atoms with E-state index in [4.69, 9.17) is 9.57 Å². The molecular weight excluding hydrogens is 325 g/mol. The molecule has 2 aromatic rings. The molecule has 2 rings (SSSR count). The molecule has 2 aromatic carbocycles. The van der Waals surface area contributed by atoms with Crippen LogP contribution in [-0.2, 0) is 9.63 Å². The average molecular weight is 338 g/mol. The number of anilines is 1. The molecule has 0 radical (unpaired) electrons. The van der Waals surface area contributed by atoms with Crippen LogP contribution in [0.3, 0.4) is 0 Å². The Bertz CT molecular complexity index is 766. The second-order valence-corrected chi connectivity index (χ2v) is 4.52. The number of hydrogen-bond acceptors (Lipinski definition) is 4. The van der Waals surface area contributed by atoms with Gasteiger partial charge in [0.15, 0.2) is 24.1 Å². The van der Waals surface area contributed by atoms with Crippen LogP contribution in [0.2, 0.25) is 0 Å². The van der Waals surface area contributed by atoms with Gasteiger partial charge in [0.05, 0.1) is 19.0 Å². The molecule has 0 bridgehead atoms. The number of benzene rings is 2. The molecule has 1 N–H and O–H groups in total. The SMILES string of the molecule is COc1ccccc1/C=N\OCC(=O)Nc1ccc(F)c(F)c1F. The molecule has 0 atom stereocenters. The molecule has 0 aromatic heterocycles. The number of amides is 1. The lowest BCUT2D eigenvalue weighted by Gasteiger charge is -2.06. The van der Waals surface area contributed by atoms with E-state index < -0.39 is 35.7 Å². The Hall–Kier alpha value is -3.03. The number of methoxy groups -OCH3 is 1. The van der Waals surface area contributed by atoms with Gasteiger partial charge in [0.25, 0.3) is 5.91 Å². The number of hydrogen-bond donors (Lipinski definition) is 1. The van der Waals surface area contributed by atoms with Crippen molar-refractivity contribution in [1.29, 1.82) is 0 Å². The van der Waals surface area contributed by atoms with Crippen LogP contribution in [0.1, 0.15) is 5.56 Å². The zero-order chi connectivity index (χ0) is 17.5. The molecular formula is C16H13F3N2O3. The van der Waals surface area contributed by atoms with Crippen molar-refractivity contribution < 1.29 is 27.5 Å². The summed E-state index contributed by atoms with van der Waals surface area (Å²) < 4.78 is 44.3. The van der Waals surface area contributed by atoms with E-state index in [0.717, 1.165) is 6.07 Å². The molecule has 0 saturated carbocycles. The fourth-order valence-corrected chi connectivity index (χ4v) is 1.77. The monoisotopic (exact) mass is 338 g/mol. The van der Waals surface area contributed by atoms with Crippen molar-refractivity contribution in [3.05, 3.63) is 59.4 Å². The van der Waals surface area contributed by atoms with Gasteiger partial charge in [0.1, 0.15) is 5.75 Å². The van der Waals surface area contributed by atoms with Crippen molar-refractivity contribution in [2.75, 3.05) is 19.0 Å². The van der Waals surface area contributed by atoms with Crippen molar-refractivity contribution in [3.63, 3.8) is 0 Å². The topological polar surface area (TPSA) is 59.9 Å². The van der Waals surface area contributed by atoms with E-state index in [2.05, 4.69) is 10.5 Å². The smallest absolute Gasteiger partial charge is 0.265 e. The molecule has 0 spiro atoms. The third kappa shape index (κ3) is 4.25. The standard InChI is InChI=1S/C16H13F3N2O3/c1-23-13-5-3-2-4-10(13)8-20-24-9-14(22)21-12-7-6-11(17)15(18)16(12)19/h2-8H,9H2,1H3,(H,21,22)/b20-8-. The van der Waals surface area contributed by atoms with Gasteiger partial charge >= 0.3 is 0 Å². The Morgan fingerprint density at radius 3 is 2.67 bits per heavy atom. The third-order valence-corrected chi connectivity index (χ3v) is 2.91. The number of nitrogens with zero attached hydrogens (tertiary/aromatic N) is 1. The van der Waals surface area contributed by atoms with Gasteiger partial charge in [-0.15, -0.1) is 0 Å². The zero-order valence-electron chi connectivity index (χ0n) is 12.6. The van der Waals surface area contributed by atoms with Gasteiger partial charge in [-0.3, -0.25) is 4.79 Å². The quantitative estimate of drug-likeness (QED) is 0.500. The van der Waals surface area contributed by atoms with Gasteiger partial charge in [0, 0.05) is 5.56 Å². The summed E-state index contributed by atoms with van der Waals surface area (Å²) in [6.45, 7) is -0.538. The Labute approximate surface area is 135 Å². The Morgan fingerprint density at radius 2 is 1.92 bits per heavy atom. The molecule has 0 fully saturated rings. The van der Waals surface area contributed by atoms with Crippen molar-refractivity contribution in [2.24, 2.45) is 5.16 Å². The largest absolute Gasteiger partial charge is 0.496 e. The van der Waals surface area contributed by atoms with Crippen LogP contribution in [0, 0.1) is 17.5 Å². The number of nitrogens with one attached hydrogen (secondary N) is 1. The summed E-state index contributed by atoms with van der Waals surface area (Å²) in [6, 6.07) is 8.60. The highest BCUT2D eigenvalue weighted by Crippen LogP contribution is 2.19. The van der Waals surface area contributed by atoms with Crippen LogP contribution in [0.4, 0.5) is 18.9 Å². The summed E-state index contributed by atoms with van der Waals surface area (Å²) >= 11 is 0. The molecule has 0 heterocycles. The van der Waals surface area contributed by atoms with Gasteiger partial charge in [0.2, 0.25) is 0 Å².